The van der Waals surface area contributed by atoms with Crippen molar-refractivity contribution in [1.29, 1.82) is 5.41 Å². The number of rotatable bonds is 14. The monoisotopic (exact) mass is 742 g/mol. The highest BCUT2D eigenvalue weighted by Crippen LogP contribution is 2.23. The van der Waals surface area contributed by atoms with Gasteiger partial charge in [0.2, 0.25) is 0 Å². The average molecular weight is 742 g/mol. The molecule has 1 aromatic carbocycles. The Bertz CT molecular complexity index is 967. The smallest absolute Gasteiger partial charge is 0.306 e. The normalized spacial score (nSPS) is 13.6. The van der Waals surface area contributed by atoms with Crippen LogP contribution in [-0.4, -0.2) is 80.5 Å². The number of esters is 1. The first-order valence-electron chi connectivity index (χ1n) is 18.1. The van der Waals surface area contributed by atoms with E-state index in [0.29, 0.717) is 18.8 Å². The summed E-state index contributed by atoms with van der Waals surface area (Å²) >= 11 is 1.22. The number of hydrogen-bond acceptors (Lipinski definition) is 11. The number of ketones is 1. The van der Waals surface area contributed by atoms with Crippen LogP contribution in [0.15, 0.2) is 41.8 Å². The molecule has 11 nitrogen and oxygen atoms in total. The van der Waals surface area contributed by atoms with E-state index < -0.39 is 24.0 Å². The zero-order chi connectivity index (χ0) is 40.6. The Hall–Kier alpha value is -2.90. The van der Waals surface area contributed by atoms with E-state index in [1.807, 2.05) is 69.5 Å². The fourth-order valence-electron chi connectivity index (χ4n) is 4.17. The van der Waals surface area contributed by atoms with Gasteiger partial charge in [-0.15, -0.1) is 0 Å². The van der Waals surface area contributed by atoms with Gasteiger partial charge in [0.05, 0.1) is 12.5 Å². The van der Waals surface area contributed by atoms with E-state index in [-0.39, 0.29) is 29.3 Å². The van der Waals surface area contributed by atoms with Gasteiger partial charge in [-0.3, -0.25) is 19.8 Å². The number of carbonyl (C=O) groups excluding carboxylic acids is 3. The molecule has 1 aromatic rings. The van der Waals surface area contributed by atoms with E-state index in [1.165, 1.54) is 71.4 Å². The molecule has 0 aliphatic carbocycles. The number of benzene rings is 1. The number of nitrogens with one attached hydrogen (secondary N) is 3. The summed E-state index contributed by atoms with van der Waals surface area (Å²) in [5, 5.41) is 26.3. The molecule has 0 amide bonds. The van der Waals surface area contributed by atoms with E-state index in [2.05, 4.69) is 44.1 Å². The van der Waals surface area contributed by atoms with Gasteiger partial charge in [0, 0.05) is 19.4 Å². The van der Waals surface area contributed by atoms with Crippen LogP contribution in [0.2, 0.25) is 0 Å². The van der Waals surface area contributed by atoms with E-state index in [0.717, 1.165) is 12.0 Å². The molecule has 4 atom stereocenters. The lowest BCUT2D eigenvalue weighted by Gasteiger charge is -2.25. The molecule has 1 aliphatic heterocycles. The van der Waals surface area contributed by atoms with Gasteiger partial charge in [0.15, 0.2) is 6.10 Å². The average Bonchev–Trinajstić information content (AvgIpc) is 3.14. The molecule has 1 saturated heterocycles. The van der Waals surface area contributed by atoms with Crippen LogP contribution in [0.4, 0.5) is 0 Å². The topological polar surface area (TPSA) is 198 Å². The number of allylic oxidation sites excluding steroid dienone is 1. The Morgan fingerprint density at radius 1 is 1.02 bits per heavy atom. The van der Waals surface area contributed by atoms with Gasteiger partial charge >= 0.3 is 11.9 Å². The van der Waals surface area contributed by atoms with E-state index in [4.69, 9.17) is 20.7 Å². The minimum atomic E-state index is -0.812. The number of nitrogens with two attached hydrogens (primary N) is 2. The van der Waals surface area contributed by atoms with Crippen molar-refractivity contribution in [2.24, 2.45) is 29.2 Å². The SMILES string of the molecule is C1CCNCC1.C=O.CC.CC(=O)CN.CCC.CN.CNC(CC(OC(C)=O)C(=N)S/C=C/C(Cc1ccccc1)CC(C)C(=O)O)C(C)C. The Kier molecular flexibility index (Phi) is 48.7. The van der Waals surface area contributed by atoms with Gasteiger partial charge in [0.1, 0.15) is 17.6 Å². The summed E-state index contributed by atoms with van der Waals surface area (Å²) in [7, 11) is 3.37. The second-order valence-electron chi connectivity index (χ2n) is 11.6. The van der Waals surface area contributed by atoms with Crippen LogP contribution < -0.4 is 22.1 Å². The Morgan fingerprint density at radius 3 is 1.84 bits per heavy atom. The van der Waals surface area contributed by atoms with Gasteiger partial charge in [-0.05, 0) is 82.6 Å². The van der Waals surface area contributed by atoms with Gasteiger partial charge in [-0.2, -0.15) is 0 Å². The fourth-order valence-corrected chi connectivity index (χ4v) is 4.91. The van der Waals surface area contributed by atoms with Crippen LogP contribution in [0.3, 0.4) is 0 Å². The van der Waals surface area contributed by atoms with Crippen LogP contribution >= 0.6 is 11.8 Å². The number of hydrogen-bond donors (Lipinski definition) is 6. The van der Waals surface area contributed by atoms with Crippen molar-refractivity contribution in [2.75, 3.05) is 33.7 Å². The quantitative estimate of drug-likeness (QED) is 0.0661. The standard InChI is InChI=1S/C24H36N2O4S.C5H11N.C3H7NO.C3H8.C2H6.CH5N.CH2O/c1-16(2)21(26-5)15-22(30-18(4)27)23(25)31-12-11-20(13-17(3)24(28)29)14-19-9-7-6-8-10-19;1-2-4-6-5-3-1;1-3(5)2-4;1-3-2;3*1-2/h6-12,16-17,20-22,25-26H,13-15H2,1-5H3,(H,28,29);6H,1-5H2;2,4H2,1H3;3H2,1-2H3;1-2H3;2H2,1H3;1H2/b12-11+,25-23?;;;;;;. The molecule has 0 bridgehead atoms. The molecule has 1 aliphatic rings. The van der Waals surface area contributed by atoms with Crippen molar-refractivity contribution in [3.05, 3.63) is 47.4 Å². The molecule has 51 heavy (non-hydrogen) atoms. The Labute approximate surface area is 315 Å². The molecular weight excluding hydrogens is 667 g/mol. The number of thioether (sulfide) groups is 1. The summed E-state index contributed by atoms with van der Waals surface area (Å²) in [6.45, 7) is 21.6. The van der Waals surface area contributed by atoms with Crippen LogP contribution in [0.1, 0.15) is 106 Å². The van der Waals surface area contributed by atoms with Crippen LogP contribution in [0.25, 0.3) is 0 Å². The number of Topliss-reactive ketones (excluding diaryl/α,β-unsaturated/α-hetero) is 1. The molecular formula is C39H75N5O6S. The molecule has 0 spiro atoms. The number of aliphatic carboxylic acids is 1. The van der Waals surface area contributed by atoms with Crippen molar-refractivity contribution in [1.82, 2.24) is 10.6 Å². The second-order valence-corrected chi connectivity index (χ2v) is 12.6. The maximum absolute atomic E-state index is 11.5. The third-order valence-electron chi connectivity index (χ3n) is 6.70. The largest absolute Gasteiger partial charge is 0.481 e. The Balaban J connectivity index is -0.000000287. The predicted molar refractivity (Wildman–Crippen MR) is 218 cm³/mol. The summed E-state index contributed by atoms with van der Waals surface area (Å²) < 4.78 is 5.41. The first-order valence-corrected chi connectivity index (χ1v) is 19.0. The molecule has 12 heteroatoms. The predicted octanol–water partition coefficient (Wildman–Crippen LogP) is 6.87. The van der Waals surface area contributed by atoms with Crippen molar-refractivity contribution in [3.8, 4) is 0 Å². The van der Waals surface area contributed by atoms with Crippen molar-refractivity contribution < 1.29 is 29.0 Å². The summed E-state index contributed by atoms with van der Waals surface area (Å²) in [5.41, 5.74) is 10.5. The number of carbonyl (C=O) groups is 4. The minimum Gasteiger partial charge on any atom is -0.481 e. The first-order chi connectivity index (χ1) is 24.3. The molecule has 298 valence electrons. The van der Waals surface area contributed by atoms with Gasteiger partial charge < -0.3 is 36.7 Å². The van der Waals surface area contributed by atoms with Crippen molar-refractivity contribution >= 4 is 41.3 Å². The second kappa shape index (κ2) is 43.3. The highest BCUT2D eigenvalue weighted by Gasteiger charge is 2.24. The number of carboxylic acid groups (broad SMARTS) is 1. The Morgan fingerprint density at radius 2 is 1.51 bits per heavy atom. The van der Waals surface area contributed by atoms with Crippen molar-refractivity contribution in [3.63, 3.8) is 0 Å². The van der Waals surface area contributed by atoms with E-state index in [1.54, 1.807) is 6.92 Å². The molecule has 2 rings (SSSR count). The van der Waals surface area contributed by atoms with Gasteiger partial charge in [-0.1, -0.05) is 109 Å². The zero-order valence-electron chi connectivity index (χ0n) is 33.8. The lowest BCUT2D eigenvalue weighted by molar-refractivity contribution is -0.144. The van der Waals surface area contributed by atoms with E-state index in [9.17, 15) is 19.5 Å². The molecule has 8 N–H and O–H groups in total. The summed E-state index contributed by atoms with van der Waals surface area (Å²) in [6, 6.07) is 10.1. The highest BCUT2D eigenvalue weighted by molar-refractivity contribution is 8.16. The van der Waals surface area contributed by atoms with Gasteiger partial charge in [-0.25, -0.2) is 0 Å². The molecule has 1 heterocycles. The van der Waals surface area contributed by atoms with Crippen molar-refractivity contribution in [2.45, 2.75) is 119 Å². The first kappa shape index (κ1) is 57.4. The zero-order valence-corrected chi connectivity index (χ0v) is 34.6. The fraction of sp³-hybridized carbons (Fsp3) is 0.667. The third-order valence-corrected chi connectivity index (χ3v) is 7.51. The number of ether oxygens (including phenoxy) is 1. The minimum absolute atomic E-state index is 0.0293. The molecule has 1 fully saturated rings. The van der Waals surface area contributed by atoms with Crippen LogP contribution in [-0.2, 0) is 30.3 Å². The molecule has 0 radical (unpaired) electrons. The molecule has 4 unspecified atom stereocenters. The molecule has 0 saturated carbocycles. The van der Waals surface area contributed by atoms with Crippen LogP contribution in [0.5, 0.6) is 0 Å². The highest BCUT2D eigenvalue weighted by atomic mass is 32.2. The van der Waals surface area contributed by atoms with E-state index >= 15 is 0 Å². The maximum atomic E-state index is 11.5. The summed E-state index contributed by atoms with van der Waals surface area (Å²) in [4.78, 5) is 40.6. The van der Waals surface area contributed by atoms with Gasteiger partial charge in [0.25, 0.3) is 0 Å². The van der Waals surface area contributed by atoms with Crippen LogP contribution in [0, 0.1) is 23.2 Å². The number of piperidine rings is 1. The lowest BCUT2D eigenvalue weighted by atomic mass is 9.90. The lowest BCUT2D eigenvalue weighted by Crippen LogP contribution is -2.38. The third kappa shape index (κ3) is 39.7. The maximum Gasteiger partial charge on any atom is 0.306 e. The molecule has 0 aromatic heterocycles. The summed E-state index contributed by atoms with van der Waals surface area (Å²) in [6.07, 6.45) is 8.58. The number of carboxylic acids is 1. The summed E-state index contributed by atoms with van der Waals surface area (Å²) in [5.74, 6) is -1.28.